The fraction of sp³-hybridized carbons (Fsp3) is 0.611. The van der Waals surface area contributed by atoms with Crippen LogP contribution >= 0.6 is 11.6 Å². The van der Waals surface area contributed by atoms with Crippen LogP contribution in [0.15, 0.2) is 24.3 Å². The summed E-state index contributed by atoms with van der Waals surface area (Å²) in [4.78, 5) is 12.2. The summed E-state index contributed by atoms with van der Waals surface area (Å²) < 4.78 is 25.7. The fourth-order valence-corrected chi connectivity index (χ4v) is 4.62. The van der Waals surface area contributed by atoms with Gasteiger partial charge in [0.15, 0.2) is 0 Å². The largest absolute Gasteiger partial charge is 0.355 e. The first-order chi connectivity index (χ1) is 11.9. The number of sulfonamides is 1. The Morgan fingerprint density at radius 2 is 1.92 bits per heavy atom. The van der Waals surface area contributed by atoms with E-state index in [0.29, 0.717) is 18.0 Å². The molecule has 1 saturated carbocycles. The van der Waals surface area contributed by atoms with Crippen molar-refractivity contribution in [3.63, 3.8) is 0 Å². The van der Waals surface area contributed by atoms with Gasteiger partial charge in [0.05, 0.1) is 12.8 Å². The topological polar surface area (TPSA) is 66.5 Å². The molecule has 0 atom stereocenters. The maximum atomic E-state index is 12.2. The monoisotopic (exact) mass is 386 g/mol. The standard InChI is InChI=1S/C18H27ClN2O3S/c1-25(23,24)21(17-9-4-2-3-5-10-17)14-18(22)20-12-11-15-7-6-8-16(19)13-15/h6-8,13,17H,2-5,9-12,14H2,1H3,(H,20,22). The molecule has 1 amide bonds. The highest BCUT2D eigenvalue weighted by Gasteiger charge is 2.29. The maximum Gasteiger partial charge on any atom is 0.235 e. The molecule has 1 aromatic carbocycles. The van der Waals surface area contributed by atoms with Crippen molar-refractivity contribution in [3.8, 4) is 0 Å². The van der Waals surface area contributed by atoms with Crippen molar-refractivity contribution in [3.05, 3.63) is 34.9 Å². The van der Waals surface area contributed by atoms with Gasteiger partial charge in [-0.2, -0.15) is 4.31 Å². The number of nitrogens with one attached hydrogen (secondary N) is 1. The first-order valence-electron chi connectivity index (χ1n) is 8.84. The molecule has 7 heteroatoms. The normalized spacial score (nSPS) is 16.6. The second-order valence-electron chi connectivity index (χ2n) is 6.68. The average Bonchev–Trinajstić information content (AvgIpc) is 2.80. The lowest BCUT2D eigenvalue weighted by molar-refractivity contribution is -0.121. The van der Waals surface area contributed by atoms with E-state index in [0.717, 1.165) is 44.1 Å². The van der Waals surface area contributed by atoms with Crippen LogP contribution in [0, 0.1) is 0 Å². The Morgan fingerprint density at radius 1 is 1.24 bits per heavy atom. The maximum absolute atomic E-state index is 12.2. The number of benzene rings is 1. The molecule has 1 N–H and O–H groups in total. The molecule has 0 aliphatic heterocycles. The molecular weight excluding hydrogens is 360 g/mol. The second-order valence-corrected chi connectivity index (χ2v) is 9.05. The summed E-state index contributed by atoms with van der Waals surface area (Å²) in [6.45, 7) is 0.362. The lowest BCUT2D eigenvalue weighted by atomic mass is 10.1. The van der Waals surface area contributed by atoms with Crippen molar-refractivity contribution in [2.75, 3.05) is 19.3 Å². The molecule has 0 bridgehead atoms. The highest BCUT2D eigenvalue weighted by molar-refractivity contribution is 7.88. The third kappa shape index (κ3) is 6.96. The summed E-state index contributed by atoms with van der Waals surface area (Å²) in [5.41, 5.74) is 1.04. The van der Waals surface area contributed by atoms with Crippen molar-refractivity contribution >= 4 is 27.5 Å². The molecule has 1 aliphatic carbocycles. The molecule has 1 aliphatic rings. The average molecular weight is 387 g/mol. The predicted octanol–water partition coefficient (Wildman–Crippen LogP) is 2.98. The van der Waals surface area contributed by atoms with Gasteiger partial charge in [0.25, 0.3) is 0 Å². The summed E-state index contributed by atoms with van der Waals surface area (Å²) in [7, 11) is -3.40. The van der Waals surface area contributed by atoms with E-state index >= 15 is 0 Å². The number of halogens is 1. The van der Waals surface area contributed by atoms with Gasteiger partial charge in [0.2, 0.25) is 15.9 Å². The number of carbonyl (C=O) groups is 1. The molecule has 0 spiro atoms. The molecule has 2 rings (SSSR count). The zero-order valence-corrected chi connectivity index (χ0v) is 16.3. The highest BCUT2D eigenvalue weighted by atomic mass is 35.5. The smallest absolute Gasteiger partial charge is 0.235 e. The zero-order chi connectivity index (χ0) is 18.3. The quantitative estimate of drug-likeness (QED) is 0.732. The third-order valence-corrected chi connectivity index (χ3v) is 6.10. The molecule has 0 unspecified atom stereocenters. The Kier molecular flexibility index (Phi) is 7.72. The minimum Gasteiger partial charge on any atom is -0.355 e. The van der Waals surface area contributed by atoms with Gasteiger partial charge in [0, 0.05) is 17.6 Å². The van der Waals surface area contributed by atoms with E-state index in [4.69, 9.17) is 11.6 Å². The minimum atomic E-state index is -3.40. The van der Waals surface area contributed by atoms with Gasteiger partial charge in [0.1, 0.15) is 0 Å². The minimum absolute atomic E-state index is 0.0591. The molecule has 1 aromatic rings. The van der Waals surface area contributed by atoms with Crippen LogP contribution in [-0.2, 0) is 21.2 Å². The summed E-state index contributed by atoms with van der Waals surface area (Å²) in [5, 5.41) is 3.49. The van der Waals surface area contributed by atoms with E-state index in [1.54, 1.807) is 6.07 Å². The lowest BCUT2D eigenvalue weighted by Gasteiger charge is -2.28. The molecule has 1 fully saturated rings. The summed E-state index contributed by atoms with van der Waals surface area (Å²) in [5.74, 6) is -0.253. The third-order valence-electron chi connectivity index (χ3n) is 4.58. The zero-order valence-electron chi connectivity index (χ0n) is 14.7. The number of hydrogen-bond donors (Lipinski definition) is 1. The summed E-state index contributed by atoms with van der Waals surface area (Å²) >= 11 is 5.94. The van der Waals surface area contributed by atoms with Crippen LogP contribution in [0.2, 0.25) is 5.02 Å². The van der Waals surface area contributed by atoms with Crippen LogP contribution in [0.3, 0.4) is 0 Å². The van der Waals surface area contributed by atoms with Crippen molar-refractivity contribution in [2.24, 2.45) is 0 Å². The van der Waals surface area contributed by atoms with Crippen molar-refractivity contribution in [1.29, 1.82) is 0 Å². The van der Waals surface area contributed by atoms with Crippen LogP contribution < -0.4 is 5.32 Å². The van der Waals surface area contributed by atoms with Crippen LogP contribution in [0.5, 0.6) is 0 Å². The molecule has 140 valence electrons. The molecule has 25 heavy (non-hydrogen) atoms. The number of hydrogen-bond acceptors (Lipinski definition) is 3. The van der Waals surface area contributed by atoms with Gasteiger partial charge in [-0.25, -0.2) is 8.42 Å². The fourth-order valence-electron chi connectivity index (χ4n) is 3.30. The number of carbonyl (C=O) groups excluding carboxylic acids is 1. The van der Waals surface area contributed by atoms with Crippen LogP contribution in [0.25, 0.3) is 0 Å². The first kappa shape index (κ1) is 20.2. The summed E-state index contributed by atoms with van der Waals surface area (Å²) in [6.07, 6.45) is 7.84. The lowest BCUT2D eigenvalue weighted by Crippen LogP contribution is -2.46. The van der Waals surface area contributed by atoms with E-state index in [1.807, 2.05) is 18.2 Å². The van der Waals surface area contributed by atoms with Gasteiger partial charge >= 0.3 is 0 Å². The van der Waals surface area contributed by atoms with Crippen molar-refractivity contribution < 1.29 is 13.2 Å². The molecule has 0 heterocycles. The Labute approximate surface area is 155 Å². The summed E-state index contributed by atoms with van der Waals surface area (Å²) in [6, 6.07) is 7.43. The van der Waals surface area contributed by atoms with Gasteiger partial charge in [-0.1, -0.05) is 49.4 Å². The number of amides is 1. The number of nitrogens with zero attached hydrogens (tertiary/aromatic N) is 1. The van der Waals surface area contributed by atoms with Gasteiger partial charge in [-0.3, -0.25) is 4.79 Å². The highest BCUT2D eigenvalue weighted by Crippen LogP contribution is 2.23. The molecular formula is C18H27ClN2O3S. The van der Waals surface area contributed by atoms with Crippen LogP contribution in [0.4, 0.5) is 0 Å². The van der Waals surface area contributed by atoms with Crippen LogP contribution in [0.1, 0.15) is 44.1 Å². The SMILES string of the molecule is CS(=O)(=O)N(CC(=O)NCCc1cccc(Cl)c1)C1CCCCCC1. The molecule has 0 radical (unpaired) electrons. The second kappa shape index (κ2) is 9.55. The first-order valence-corrected chi connectivity index (χ1v) is 11.1. The van der Waals surface area contributed by atoms with Crippen LogP contribution in [-0.4, -0.2) is 44.0 Å². The van der Waals surface area contributed by atoms with Crippen molar-refractivity contribution in [1.82, 2.24) is 9.62 Å². The molecule has 0 saturated heterocycles. The van der Waals surface area contributed by atoms with E-state index in [9.17, 15) is 13.2 Å². The number of rotatable bonds is 7. The van der Waals surface area contributed by atoms with E-state index in [-0.39, 0.29) is 18.5 Å². The Bertz CT molecular complexity index is 671. The van der Waals surface area contributed by atoms with E-state index in [2.05, 4.69) is 5.32 Å². The Hall–Kier alpha value is -1.11. The molecule has 0 aromatic heterocycles. The Morgan fingerprint density at radius 3 is 2.52 bits per heavy atom. The van der Waals surface area contributed by atoms with Gasteiger partial charge in [-0.05, 0) is 37.0 Å². The molecule has 5 nitrogen and oxygen atoms in total. The van der Waals surface area contributed by atoms with Gasteiger partial charge in [-0.15, -0.1) is 0 Å². The predicted molar refractivity (Wildman–Crippen MR) is 101 cm³/mol. The van der Waals surface area contributed by atoms with Crippen molar-refractivity contribution in [2.45, 2.75) is 51.0 Å². The van der Waals surface area contributed by atoms with E-state index in [1.165, 1.54) is 10.6 Å². The Balaban J connectivity index is 1.88. The van der Waals surface area contributed by atoms with E-state index < -0.39 is 10.0 Å². The van der Waals surface area contributed by atoms with Gasteiger partial charge < -0.3 is 5.32 Å².